The number of hydrogen-bond acceptors (Lipinski definition) is 2. The lowest BCUT2D eigenvalue weighted by Gasteiger charge is -2.22. The Morgan fingerprint density at radius 2 is 2.46 bits per heavy atom. The first kappa shape index (κ1) is 7.79. The third-order valence-electron chi connectivity index (χ3n) is 1.93. The van der Waals surface area contributed by atoms with Gasteiger partial charge in [-0.2, -0.15) is 0 Å². The summed E-state index contributed by atoms with van der Waals surface area (Å²) in [5.41, 5.74) is 1.54. The number of aromatic nitrogens is 1. The van der Waals surface area contributed by atoms with Crippen molar-refractivity contribution in [3.8, 4) is 0 Å². The maximum Gasteiger partial charge on any atom is 0.412 e. The number of fused-ring (bicyclic) bond motifs is 1. The van der Waals surface area contributed by atoms with Crippen LogP contribution < -0.4 is 4.90 Å². The van der Waals surface area contributed by atoms with Crippen LogP contribution in [-0.4, -0.2) is 22.7 Å². The van der Waals surface area contributed by atoms with Gasteiger partial charge in [0.15, 0.2) is 0 Å². The first-order valence-corrected chi connectivity index (χ1v) is 3.90. The molecule has 0 unspecified atom stereocenters. The van der Waals surface area contributed by atoms with Crippen LogP contribution in [0.3, 0.4) is 0 Å². The van der Waals surface area contributed by atoms with E-state index in [1.54, 1.807) is 24.5 Å². The average Bonchev–Trinajstić information content (AvgIpc) is 2.17. The van der Waals surface area contributed by atoms with Gasteiger partial charge in [-0.05, 0) is 6.07 Å². The normalized spacial score (nSPS) is 14.0. The molecule has 0 spiro atoms. The molecule has 2 rings (SSSR count). The van der Waals surface area contributed by atoms with E-state index in [-0.39, 0.29) is 0 Å². The number of carboxylic acid groups (broad SMARTS) is 1. The molecule has 2 heterocycles. The van der Waals surface area contributed by atoms with Crippen molar-refractivity contribution in [3.05, 3.63) is 30.1 Å². The van der Waals surface area contributed by atoms with E-state index in [2.05, 4.69) is 4.98 Å². The molecule has 1 aromatic rings. The van der Waals surface area contributed by atoms with Gasteiger partial charge in [0, 0.05) is 24.5 Å². The van der Waals surface area contributed by atoms with Crippen LogP contribution >= 0.6 is 0 Å². The van der Waals surface area contributed by atoms with Gasteiger partial charge in [-0.25, -0.2) is 4.79 Å². The van der Waals surface area contributed by atoms with Crippen molar-refractivity contribution >= 4 is 17.9 Å². The molecule has 1 N–H and O–H groups in total. The van der Waals surface area contributed by atoms with E-state index in [0.29, 0.717) is 12.2 Å². The minimum atomic E-state index is -0.934. The molecule has 0 fully saturated rings. The highest BCUT2D eigenvalue weighted by atomic mass is 16.4. The number of rotatable bonds is 0. The average molecular weight is 176 g/mol. The Morgan fingerprint density at radius 1 is 1.62 bits per heavy atom. The van der Waals surface area contributed by atoms with Gasteiger partial charge in [0.25, 0.3) is 0 Å². The van der Waals surface area contributed by atoms with Gasteiger partial charge >= 0.3 is 6.09 Å². The first-order valence-electron chi connectivity index (χ1n) is 3.90. The van der Waals surface area contributed by atoms with Crippen molar-refractivity contribution in [2.75, 3.05) is 11.4 Å². The third kappa shape index (κ3) is 1.26. The molecule has 0 radical (unpaired) electrons. The molecular formula is C9H8N2O2. The molecule has 4 heteroatoms. The van der Waals surface area contributed by atoms with Crippen LogP contribution in [0, 0.1) is 0 Å². The molecule has 0 bridgehead atoms. The van der Waals surface area contributed by atoms with Crippen LogP contribution in [0.5, 0.6) is 0 Å². The lowest BCUT2D eigenvalue weighted by molar-refractivity contribution is 0.202. The van der Waals surface area contributed by atoms with Gasteiger partial charge in [-0.1, -0.05) is 12.2 Å². The number of hydrogen-bond donors (Lipinski definition) is 1. The predicted octanol–water partition coefficient (Wildman–Crippen LogP) is 1.59. The van der Waals surface area contributed by atoms with E-state index in [9.17, 15) is 4.79 Å². The molecule has 0 saturated carbocycles. The maximum atomic E-state index is 10.8. The number of anilines is 1. The minimum Gasteiger partial charge on any atom is -0.465 e. The molecule has 1 aliphatic rings. The molecule has 1 amide bonds. The molecule has 1 aliphatic heterocycles. The molecule has 0 atom stereocenters. The summed E-state index contributed by atoms with van der Waals surface area (Å²) >= 11 is 0. The van der Waals surface area contributed by atoms with Crippen LogP contribution in [0.2, 0.25) is 0 Å². The fraction of sp³-hybridized carbons (Fsp3) is 0.111. The molecule has 0 aromatic carbocycles. The van der Waals surface area contributed by atoms with Crippen molar-refractivity contribution in [1.82, 2.24) is 4.98 Å². The minimum absolute atomic E-state index is 0.409. The van der Waals surface area contributed by atoms with Crippen LogP contribution in [0.4, 0.5) is 10.5 Å². The van der Waals surface area contributed by atoms with Gasteiger partial charge in [-0.3, -0.25) is 9.88 Å². The summed E-state index contributed by atoms with van der Waals surface area (Å²) in [7, 11) is 0. The Bertz CT molecular complexity index is 374. The summed E-state index contributed by atoms with van der Waals surface area (Å²) in [6.45, 7) is 0.409. The van der Waals surface area contributed by atoms with Crippen molar-refractivity contribution in [2.24, 2.45) is 0 Å². The van der Waals surface area contributed by atoms with Gasteiger partial charge in [-0.15, -0.1) is 0 Å². The lowest BCUT2D eigenvalue weighted by atomic mass is 10.1. The van der Waals surface area contributed by atoms with Crippen molar-refractivity contribution in [3.63, 3.8) is 0 Å². The quantitative estimate of drug-likeness (QED) is 0.653. The predicted molar refractivity (Wildman–Crippen MR) is 48.6 cm³/mol. The topological polar surface area (TPSA) is 53.4 Å². The second kappa shape index (κ2) is 2.90. The largest absolute Gasteiger partial charge is 0.465 e. The SMILES string of the molecule is O=C(O)N1CC=Cc2cnccc21. The van der Waals surface area contributed by atoms with Crippen molar-refractivity contribution in [1.29, 1.82) is 0 Å². The molecule has 1 aromatic heterocycles. The van der Waals surface area contributed by atoms with Crippen molar-refractivity contribution < 1.29 is 9.90 Å². The summed E-state index contributed by atoms with van der Waals surface area (Å²) in [5, 5.41) is 8.86. The zero-order chi connectivity index (χ0) is 9.26. The van der Waals surface area contributed by atoms with Gasteiger partial charge < -0.3 is 5.11 Å². The summed E-state index contributed by atoms with van der Waals surface area (Å²) in [6.07, 6.45) is 5.99. The lowest BCUT2D eigenvalue weighted by Crippen LogP contribution is -2.31. The molecule has 66 valence electrons. The Hall–Kier alpha value is -1.84. The summed E-state index contributed by atoms with van der Waals surface area (Å²) < 4.78 is 0. The number of pyridine rings is 1. The first-order chi connectivity index (χ1) is 6.29. The maximum absolute atomic E-state index is 10.8. The molecule has 0 aliphatic carbocycles. The number of nitrogens with zero attached hydrogens (tertiary/aromatic N) is 2. The van der Waals surface area contributed by atoms with Gasteiger partial charge in [0.1, 0.15) is 0 Å². The second-order valence-corrected chi connectivity index (χ2v) is 2.73. The van der Waals surface area contributed by atoms with Crippen LogP contribution in [0.15, 0.2) is 24.5 Å². The Labute approximate surface area is 75.1 Å². The molecular weight excluding hydrogens is 168 g/mol. The molecule has 13 heavy (non-hydrogen) atoms. The monoisotopic (exact) mass is 176 g/mol. The van der Waals surface area contributed by atoms with E-state index >= 15 is 0 Å². The molecule has 0 saturated heterocycles. The van der Waals surface area contributed by atoms with E-state index in [1.807, 2.05) is 6.08 Å². The van der Waals surface area contributed by atoms with E-state index in [0.717, 1.165) is 5.56 Å². The zero-order valence-electron chi connectivity index (χ0n) is 6.84. The van der Waals surface area contributed by atoms with Crippen LogP contribution in [0.25, 0.3) is 6.08 Å². The summed E-state index contributed by atoms with van der Waals surface area (Å²) in [4.78, 5) is 16.0. The highest BCUT2D eigenvalue weighted by molar-refractivity contribution is 5.91. The van der Waals surface area contributed by atoms with E-state index in [1.165, 1.54) is 4.90 Å². The second-order valence-electron chi connectivity index (χ2n) is 2.73. The number of amides is 1. The Morgan fingerprint density at radius 3 is 3.23 bits per heavy atom. The Kier molecular flexibility index (Phi) is 1.73. The van der Waals surface area contributed by atoms with E-state index in [4.69, 9.17) is 5.11 Å². The summed E-state index contributed by atoms with van der Waals surface area (Å²) in [6, 6.07) is 1.70. The van der Waals surface area contributed by atoms with Crippen molar-refractivity contribution in [2.45, 2.75) is 0 Å². The third-order valence-corrected chi connectivity index (χ3v) is 1.93. The highest BCUT2D eigenvalue weighted by Gasteiger charge is 2.17. The van der Waals surface area contributed by atoms with Crippen LogP contribution in [-0.2, 0) is 0 Å². The standard InChI is InChI=1S/C9H8N2O2/c12-9(13)11-5-1-2-7-6-10-4-3-8(7)11/h1-4,6H,5H2,(H,12,13). The summed E-state index contributed by atoms with van der Waals surface area (Å²) in [5.74, 6) is 0. The van der Waals surface area contributed by atoms with E-state index < -0.39 is 6.09 Å². The number of carbonyl (C=O) groups is 1. The fourth-order valence-corrected chi connectivity index (χ4v) is 1.34. The zero-order valence-corrected chi connectivity index (χ0v) is 6.84. The highest BCUT2D eigenvalue weighted by Crippen LogP contribution is 2.24. The Balaban J connectivity index is 2.49. The van der Waals surface area contributed by atoms with Gasteiger partial charge in [0.05, 0.1) is 5.69 Å². The van der Waals surface area contributed by atoms with Crippen LogP contribution in [0.1, 0.15) is 5.56 Å². The van der Waals surface area contributed by atoms with Gasteiger partial charge in [0.2, 0.25) is 0 Å². The fourth-order valence-electron chi connectivity index (χ4n) is 1.34. The smallest absolute Gasteiger partial charge is 0.412 e. The molecule has 4 nitrogen and oxygen atoms in total.